The van der Waals surface area contributed by atoms with Gasteiger partial charge in [-0.05, 0) is 36.4 Å². The molecule has 0 aliphatic rings. The van der Waals surface area contributed by atoms with Gasteiger partial charge in [0.25, 0.3) is 15.9 Å². The number of rotatable bonds is 7. The molecule has 0 saturated heterocycles. The Bertz CT molecular complexity index is 1170. The Balaban J connectivity index is 1.60. The molecule has 2 N–H and O–H groups in total. The maximum Gasteiger partial charge on any atom is 0.419 e. The molecule has 0 aliphatic heterocycles. The first-order valence-electron chi connectivity index (χ1n) is 8.37. The number of benzene rings is 2. The first-order valence-corrected chi connectivity index (χ1v) is 10.7. The first kappa shape index (κ1) is 22.5. The third kappa shape index (κ3) is 5.70. The summed E-state index contributed by atoms with van der Waals surface area (Å²) in [5, 5.41) is 4.16. The number of carbonyl (C=O) groups excluding carboxylic acids is 1. The van der Waals surface area contributed by atoms with Crippen molar-refractivity contribution in [3.05, 3.63) is 65.4 Å². The number of nitrogens with zero attached hydrogens (tertiary/aromatic N) is 1. The van der Waals surface area contributed by atoms with Crippen LogP contribution in [0.25, 0.3) is 0 Å². The van der Waals surface area contributed by atoms with E-state index in [0.29, 0.717) is 6.07 Å². The minimum Gasteiger partial charge on any atom is -0.481 e. The van der Waals surface area contributed by atoms with Gasteiger partial charge < -0.3 is 10.1 Å². The summed E-state index contributed by atoms with van der Waals surface area (Å²) < 4.78 is 83.7. The molecule has 1 amide bonds. The number of amides is 1. The van der Waals surface area contributed by atoms with Crippen molar-refractivity contribution >= 4 is 38.1 Å². The Hall–Kier alpha value is -3.19. The quantitative estimate of drug-likeness (QED) is 0.501. The van der Waals surface area contributed by atoms with Crippen LogP contribution in [0.5, 0.6) is 5.75 Å². The lowest BCUT2D eigenvalue weighted by atomic mass is 10.2. The van der Waals surface area contributed by atoms with Crippen LogP contribution in [-0.2, 0) is 21.0 Å². The number of anilines is 2. The van der Waals surface area contributed by atoms with Crippen LogP contribution in [0.3, 0.4) is 0 Å². The lowest BCUT2D eigenvalue weighted by molar-refractivity contribution is -0.140. The molecule has 1 aromatic heterocycles. The highest BCUT2D eigenvalue weighted by Gasteiger charge is 2.35. The van der Waals surface area contributed by atoms with Crippen LogP contribution in [0, 0.1) is 5.82 Å². The van der Waals surface area contributed by atoms with Crippen LogP contribution in [0.2, 0.25) is 0 Å². The summed E-state index contributed by atoms with van der Waals surface area (Å²) in [4.78, 5) is 15.7. The zero-order chi connectivity index (χ0) is 22.6. The molecule has 0 saturated carbocycles. The summed E-state index contributed by atoms with van der Waals surface area (Å²) in [5.41, 5.74) is -1.31. The molecule has 7 nitrogen and oxygen atoms in total. The van der Waals surface area contributed by atoms with E-state index in [0.717, 1.165) is 23.5 Å². The number of halogens is 4. The lowest BCUT2D eigenvalue weighted by Crippen LogP contribution is -2.21. The molecule has 2 aromatic carbocycles. The summed E-state index contributed by atoms with van der Waals surface area (Å²) in [6.07, 6.45) is -3.46. The number of alkyl halides is 3. The average molecular weight is 475 g/mol. The van der Waals surface area contributed by atoms with E-state index >= 15 is 0 Å². The Morgan fingerprint density at radius 3 is 2.45 bits per heavy atom. The van der Waals surface area contributed by atoms with Crippen LogP contribution < -0.4 is 14.8 Å². The third-order valence-corrected chi connectivity index (χ3v) is 5.90. The third-order valence-electron chi connectivity index (χ3n) is 3.73. The second-order valence-electron chi connectivity index (χ2n) is 5.92. The van der Waals surface area contributed by atoms with Crippen molar-refractivity contribution in [3.8, 4) is 5.75 Å². The SMILES string of the molecule is O=C(COc1cccc(C(F)(F)F)c1F)Nc1ccc(S(=O)(=O)Nc2nccs2)cc1. The van der Waals surface area contributed by atoms with E-state index in [1.54, 1.807) is 5.38 Å². The van der Waals surface area contributed by atoms with E-state index in [1.807, 2.05) is 0 Å². The molecule has 164 valence electrons. The van der Waals surface area contributed by atoms with E-state index in [1.165, 1.54) is 30.5 Å². The van der Waals surface area contributed by atoms with Gasteiger partial charge in [-0.1, -0.05) is 6.07 Å². The van der Waals surface area contributed by atoms with Crippen molar-refractivity contribution in [2.24, 2.45) is 0 Å². The highest BCUT2D eigenvalue weighted by molar-refractivity contribution is 7.93. The van der Waals surface area contributed by atoms with Gasteiger partial charge in [0, 0.05) is 17.3 Å². The first-order chi connectivity index (χ1) is 14.6. The minimum atomic E-state index is -4.90. The number of thiazole rings is 1. The van der Waals surface area contributed by atoms with Gasteiger partial charge in [0.05, 0.1) is 10.5 Å². The molecule has 0 unspecified atom stereocenters. The summed E-state index contributed by atoms with van der Waals surface area (Å²) in [6.45, 7) is -0.760. The van der Waals surface area contributed by atoms with Gasteiger partial charge in [-0.15, -0.1) is 11.3 Å². The summed E-state index contributed by atoms with van der Waals surface area (Å²) in [7, 11) is -3.87. The molecule has 0 fully saturated rings. The predicted molar refractivity (Wildman–Crippen MR) is 105 cm³/mol. The Kier molecular flexibility index (Phi) is 6.45. The maximum absolute atomic E-state index is 13.9. The monoisotopic (exact) mass is 475 g/mol. The molecular weight excluding hydrogens is 462 g/mol. The second-order valence-corrected chi connectivity index (χ2v) is 8.50. The highest BCUT2D eigenvalue weighted by Crippen LogP contribution is 2.34. The van der Waals surface area contributed by atoms with E-state index in [4.69, 9.17) is 4.74 Å². The molecule has 1 heterocycles. The van der Waals surface area contributed by atoms with Gasteiger partial charge in [-0.25, -0.2) is 17.8 Å². The van der Waals surface area contributed by atoms with Gasteiger partial charge in [0.1, 0.15) is 0 Å². The van der Waals surface area contributed by atoms with E-state index < -0.39 is 45.8 Å². The molecule has 3 rings (SSSR count). The topological polar surface area (TPSA) is 97.4 Å². The average Bonchev–Trinajstić information content (AvgIpc) is 3.19. The predicted octanol–water partition coefficient (Wildman–Crippen LogP) is 4.12. The van der Waals surface area contributed by atoms with Crippen LogP contribution in [0.4, 0.5) is 28.4 Å². The molecular formula is C18H13F4N3O4S2. The molecule has 13 heteroatoms. The summed E-state index contributed by atoms with van der Waals surface area (Å²) >= 11 is 1.10. The Morgan fingerprint density at radius 2 is 1.84 bits per heavy atom. The largest absolute Gasteiger partial charge is 0.481 e. The minimum absolute atomic E-state index is 0.0806. The zero-order valence-corrected chi connectivity index (χ0v) is 16.9. The van der Waals surface area contributed by atoms with Crippen molar-refractivity contribution in [2.45, 2.75) is 11.1 Å². The Morgan fingerprint density at radius 1 is 1.13 bits per heavy atom. The number of aromatic nitrogens is 1. The van der Waals surface area contributed by atoms with Crippen molar-refractivity contribution in [3.63, 3.8) is 0 Å². The number of hydrogen-bond donors (Lipinski definition) is 2. The fourth-order valence-electron chi connectivity index (χ4n) is 2.35. The van der Waals surface area contributed by atoms with Crippen molar-refractivity contribution in [1.82, 2.24) is 4.98 Å². The smallest absolute Gasteiger partial charge is 0.419 e. The van der Waals surface area contributed by atoms with Gasteiger partial charge in [0.15, 0.2) is 23.3 Å². The molecule has 3 aromatic rings. The van der Waals surface area contributed by atoms with Crippen molar-refractivity contribution in [2.75, 3.05) is 16.6 Å². The van der Waals surface area contributed by atoms with E-state index in [2.05, 4.69) is 15.0 Å². The molecule has 31 heavy (non-hydrogen) atoms. The summed E-state index contributed by atoms with van der Waals surface area (Å²) in [6, 6.07) is 7.56. The van der Waals surface area contributed by atoms with Gasteiger partial charge in [0.2, 0.25) is 0 Å². The number of ether oxygens (including phenoxy) is 1. The molecule has 0 aliphatic carbocycles. The lowest BCUT2D eigenvalue weighted by Gasteiger charge is -2.12. The Labute approximate surface area is 177 Å². The van der Waals surface area contributed by atoms with Crippen LogP contribution in [0.1, 0.15) is 5.56 Å². The van der Waals surface area contributed by atoms with E-state index in [9.17, 15) is 30.8 Å². The number of sulfonamides is 1. The van der Waals surface area contributed by atoms with Crippen LogP contribution >= 0.6 is 11.3 Å². The fourth-order valence-corrected chi connectivity index (χ4v) is 4.14. The van der Waals surface area contributed by atoms with Crippen molar-refractivity contribution < 1.29 is 35.5 Å². The molecule has 0 bridgehead atoms. The highest BCUT2D eigenvalue weighted by atomic mass is 32.2. The maximum atomic E-state index is 13.9. The van der Waals surface area contributed by atoms with Gasteiger partial charge in [-0.2, -0.15) is 13.2 Å². The van der Waals surface area contributed by atoms with Gasteiger partial charge in [-0.3, -0.25) is 9.52 Å². The standard InChI is InChI=1S/C18H13F4N3O4S2/c19-16-13(18(20,21)22)2-1-3-14(16)29-10-15(26)24-11-4-6-12(7-5-11)31(27,28)25-17-23-8-9-30-17/h1-9H,10H2,(H,23,25)(H,24,26). The molecule has 0 spiro atoms. The van der Waals surface area contributed by atoms with E-state index in [-0.39, 0.29) is 15.7 Å². The number of nitrogens with one attached hydrogen (secondary N) is 2. The fraction of sp³-hybridized carbons (Fsp3) is 0.111. The number of hydrogen-bond acceptors (Lipinski definition) is 6. The van der Waals surface area contributed by atoms with Crippen LogP contribution in [0.15, 0.2) is 58.9 Å². The zero-order valence-electron chi connectivity index (χ0n) is 15.3. The number of carbonyl (C=O) groups is 1. The van der Waals surface area contributed by atoms with Crippen LogP contribution in [-0.4, -0.2) is 25.9 Å². The summed E-state index contributed by atoms with van der Waals surface area (Å²) in [5.74, 6) is -3.13. The molecule has 0 atom stereocenters. The molecule has 0 radical (unpaired) electrons. The normalized spacial score (nSPS) is 11.7. The van der Waals surface area contributed by atoms with Gasteiger partial charge >= 0.3 is 6.18 Å². The van der Waals surface area contributed by atoms with Crippen molar-refractivity contribution in [1.29, 1.82) is 0 Å². The second kappa shape index (κ2) is 8.89.